The quantitative estimate of drug-likeness (QED) is 0.351. The fourth-order valence-corrected chi connectivity index (χ4v) is 6.51. The number of hydrogen-bond acceptors (Lipinski definition) is 6. The molecule has 2 aromatic carbocycles. The number of fused-ring (bicyclic) bond motifs is 1. The van der Waals surface area contributed by atoms with E-state index in [9.17, 15) is 0 Å². The maximum Gasteiger partial charge on any atom is 0.232 e. The van der Waals surface area contributed by atoms with E-state index < -0.39 is 0 Å². The van der Waals surface area contributed by atoms with Crippen molar-refractivity contribution in [2.24, 2.45) is 5.92 Å². The van der Waals surface area contributed by atoms with E-state index in [2.05, 4.69) is 69.8 Å². The number of rotatable bonds is 6. The second kappa shape index (κ2) is 11.9. The third-order valence-corrected chi connectivity index (χ3v) is 9.06. The summed E-state index contributed by atoms with van der Waals surface area (Å²) in [5.74, 6) is 3.06. The zero-order chi connectivity index (χ0) is 27.5. The topological polar surface area (TPSA) is 65.5 Å². The van der Waals surface area contributed by atoms with Crippen molar-refractivity contribution in [1.29, 1.82) is 0 Å². The van der Waals surface area contributed by atoms with Crippen LogP contribution in [0.5, 0.6) is 0 Å². The van der Waals surface area contributed by atoms with Crippen molar-refractivity contribution in [2.45, 2.75) is 51.1 Å². The number of nitrogens with zero attached hydrogens (tertiary/aromatic N) is 4. The molecule has 9 heteroatoms. The maximum atomic E-state index is 6.18. The molecule has 2 saturated heterocycles. The van der Waals surface area contributed by atoms with E-state index in [0.29, 0.717) is 23.5 Å². The summed E-state index contributed by atoms with van der Waals surface area (Å²) in [6, 6.07) is 18.9. The SMILES string of the molecule is C[C@@H]1CCCN(c2cc(N3Cc4ccccc4C3)nc(NC(=S)NCC3(c4ccc(Cl)cc4)CCOCC3)n2)C1. The van der Waals surface area contributed by atoms with Gasteiger partial charge in [0.1, 0.15) is 11.6 Å². The summed E-state index contributed by atoms with van der Waals surface area (Å²) in [4.78, 5) is 14.6. The number of nitrogens with one attached hydrogen (secondary N) is 2. The van der Waals surface area contributed by atoms with Crippen molar-refractivity contribution in [3.63, 3.8) is 0 Å². The van der Waals surface area contributed by atoms with Gasteiger partial charge in [-0.2, -0.15) is 9.97 Å². The van der Waals surface area contributed by atoms with Crippen molar-refractivity contribution >= 4 is 46.5 Å². The van der Waals surface area contributed by atoms with Gasteiger partial charge < -0.3 is 25.2 Å². The largest absolute Gasteiger partial charge is 0.381 e. The van der Waals surface area contributed by atoms with Gasteiger partial charge in [0.25, 0.3) is 0 Å². The molecule has 4 heterocycles. The fraction of sp³-hybridized carbons (Fsp3) is 0.452. The van der Waals surface area contributed by atoms with Gasteiger partial charge in [0, 0.05) is 62.4 Å². The highest BCUT2D eigenvalue weighted by Gasteiger charge is 2.34. The molecule has 0 spiro atoms. The Morgan fingerprint density at radius 3 is 2.38 bits per heavy atom. The number of benzene rings is 2. The van der Waals surface area contributed by atoms with Gasteiger partial charge in [-0.15, -0.1) is 0 Å². The van der Waals surface area contributed by atoms with Crippen LogP contribution in [0, 0.1) is 5.92 Å². The van der Waals surface area contributed by atoms with Gasteiger partial charge in [0.05, 0.1) is 0 Å². The molecule has 210 valence electrons. The molecular formula is C31H37ClN6OS. The first kappa shape index (κ1) is 27.2. The van der Waals surface area contributed by atoms with Crippen LogP contribution in [-0.2, 0) is 23.2 Å². The molecule has 2 fully saturated rings. The van der Waals surface area contributed by atoms with Crippen molar-refractivity contribution in [2.75, 3.05) is 48.0 Å². The molecule has 3 aliphatic heterocycles. The first-order valence-electron chi connectivity index (χ1n) is 14.3. The molecule has 0 aliphatic carbocycles. The number of thiocarbonyl (C=S) groups is 1. The zero-order valence-corrected chi connectivity index (χ0v) is 24.6. The summed E-state index contributed by atoms with van der Waals surface area (Å²) in [7, 11) is 0. The Hall–Kier alpha value is -2.94. The van der Waals surface area contributed by atoms with Crippen molar-refractivity contribution in [3.8, 4) is 0 Å². The second-order valence-electron chi connectivity index (χ2n) is 11.4. The monoisotopic (exact) mass is 576 g/mol. The third-order valence-electron chi connectivity index (χ3n) is 8.56. The van der Waals surface area contributed by atoms with Gasteiger partial charge in [0.15, 0.2) is 5.11 Å². The minimum atomic E-state index is -0.0757. The minimum Gasteiger partial charge on any atom is -0.381 e. The number of aromatic nitrogens is 2. The summed E-state index contributed by atoms with van der Waals surface area (Å²) in [6.45, 7) is 8.17. The van der Waals surface area contributed by atoms with Crippen LogP contribution in [0.25, 0.3) is 0 Å². The number of anilines is 3. The Kier molecular flexibility index (Phi) is 8.10. The van der Waals surface area contributed by atoms with E-state index in [1.165, 1.54) is 29.5 Å². The Bertz CT molecular complexity index is 1320. The lowest BCUT2D eigenvalue weighted by Crippen LogP contribution is -2.45. The fourth-order valence-electron chi connectivity index (χ4n) is 6.22. The van der Waals surface area contributed by atoms with Gasteiger partial charge in [-0.3, -0.25) is 0 Å². The van der Waals surface area contributed by atoms with Crippen LogP contribution in [0.15, 0.2) is 54.6 Å². The molecule has 40 heavy (non-hydrogen) atoms. The Morgan fingerprint density at radius 2 is 1.70 bits per heavy atom. The van der Waals surface area contributed by atoms with Crippen LogP contribution in [0.1, 0.15) is 49.3 Å². The zero-order valence-electron chi connectivity index (χ0n) is 23.0. The van der Waals surface area contributed by atoms with Crippen LogP contribution < -0.4 is 20.4 Å². The van der Waals surface area contributed by atoms with Crippen LogP contribution >= 0.6 is 23.8 Å². The second-order valence-corrected chi connectivity index (χ2v) is 12.3. The van der Waals surface area contributed by atoms with Gasteiger partial charge in [-0.05, 0) is 72.6 Å². The maximum absolute atomic E-state index is 6.18. The highest BCUT2D eigenvalue weighted by molar-refractivity contribution is 7.80. The Labute approximate surface area is 247 Å². The molecule has 0 unspecified atom stereocenters. The molecule has 7 nitrogen and oxygen atoms in total. The number of halogens is 1. The van der Waals surface area contributed by atoms with Gasteiger partial charge in [-0.1, -0.05) is 54.9 Å². The lowest BCUT2D eigenvalue weighted by Gasteiger charge is -2.38. The lowest BCUT2D eigenvalue weighted by molar-refractivity contribution is 0.0515. The third kappa shape index (κ3) is 6.04. The highest BCUT2D eigenvalue weighted by atomic mass is 35.5. The van der Waals surface area contributed by atoms with Crippen LogP contribution in [0.4, 0.5) is 17.6 Å². The van der Waals surface area contributed by atoms with Crippen molar-refractivity contribution in [3.05, 3.63) is 76.3 Å². The summed E-state index contributed by atoms with van der Waals surface area (Å²) >= 11 is 12.0. The van der Waals surface area contributed by atoms with Crippen molar-refractivity contribution in [1.82, 2.24) is 15.3 Å². The molecule has 0 bridgehead atoms. The van der Waals surface area contributed by atoms with E-state index in [1.807, 2.05) is 12.1 Å². The first-order chi connectivity index (χ1) is 19.5. The molecule has 3 aliphatic rings. The molecule has 1 atom stereocenters. The molecule has 3 aromatic rings. The molecule has 6 rings (SSSR count). The standard InChI is InChI=1S/C31H37ClN6OS/c1-22-5-4-14-37(18-22)27-17-28(38-19-23-6-2-3-7-24(23)20-38)35-29(34-27)36-30(40)33-21-31(12-15-39-16-13-31)25-8-10-26(32)11-9-25/h2-3,6-11,17,22H,4-5,12-16,18-21H2,1H3,(H2,33,34,35,36,40)/t22-/m1/s1. The van der Waals surface area contributed by atoms with Gasteiger partial charge >= 0.3 is 0 Å². The first-order valence-corrected chi connectivity index (χ1v) is 15.1. The lowest BCUT2D eigenvalue weighted by atomic mass is 9.74. The van der Waals surface area contributed by atoms with E-state index in [4.69, 9.17) is 38.5 Å². The van der Waals surface area contributed by atoms with E-state index >= 15 is 0 Å². The summed E-state index contributed by atoms with van der Waals surface area (Å²) in [5, 5.41) is 8.09. The number of hydrogen-bond donors (Lipinski definition) is 2. The highest BCUT2D eigenvalue weighted by Crippen LogP contribution is 2.35. The summed E-state index contributed by atoms with van der Waals surface area (Å²) in [5.41, 5.74) is 3.88. The van der Waals surface area contributed by atoms with Crippen molar-refractivity contribution < 1.29 is 4.74 Å². The predicted molar refractivity (Wildman–Crippen MR) is 166 cm³/mol. The van der Waals surface area contributed by atoms with Crippen LogP contribution in [0.2, 0.25) is 5.02 Å². The minimum absolute atomic E-state index is 0.0757. The number of piperidine rings is 1. The Morgan fingerprint density at radius 1 is 1.02 bits per heavy atom. The smallest absolute Gasteiger partial charge is 0.232 e. The van der Waals surface area contributed by atoms with E-state index in [1.54, 1.807) is 0 Å². The number of ether oxygens (including phenoxy) is 1. The van der Waals surface area contributed by atoms with Gasteiger partial charge in [0.2, 0.25) is 5.95 Å². The molecule has 1 aromatic heterocycles. The van der Waals surface area contributed by atoms with Gasteiger partial charge in [-0.25, -0.2) is 0 Å². The van der Waals surface area contributed by atoms with E-state index in [-0.39, 0.29) is 5.41 Å². The summed E-state index contributed by atoms with van der Waals surface area (Å²) in [6.07, 6.45) is 4.27. The Balaban J connectivity index is 1.21. The predicted octanol–water partition coefficient (Wildman–Crippen LogP) is 5.92. The molecule has 2 N–H and O–H groups in total. The van der Waals surface area contributed by atoms with Crippen LogP contribution in [-0.4, -0.2) is 47.9 Å². The summed E-state index contributed by atoms with van der Waals surface area (Å²) < 4.78 is 5.70. The van der Waals surface area contributed by atoms with E-state index in [0.717, 1.165) is 68.9 Å². The average Bonchev–Trinajstić information content (AvgIpc) is 3.42. The van der Waals surface area contributed by atoms with Crippen LogP contribution in [0.3, 0.4) is 0 Å². The average molecular weight is 577 g/mol. The molecule has 0 amide bonds. The molecule has 0 radical (unpaired) electrons. The molecular weight excluding hydrogens is 540 g/mol. The molecule has 0 saturated carbocycles. The normalized spacial score (nSPS) is 20.2.